The first-order valence-electron chi connectivity index (χ1n) is 9.14. The molecule has 1 heterocycles. The Bertz CT molecular complexity index is 1130. The van der Waals surface area contributed by atoms with Crippen molar-refractivity contribution >= 4 is 38.6 Å². The van der Waals surface area contributed by atoms with Gasteiger partial charge in [-0.25, -0.2) is 8.42 Å². The van der Waals surface area contributed by atoms with Gasteiger partial charge in [0.15, 0.2) is 0 Å². The monoisotopic (exact) mass is 428 g/mol. The van der Waals surface area contributed by atoms with Gasteiger partial charge in [-0.3, -0.25) is 9.52 Å². The normalized spacial score (nSPS) is 13.0. The maximum atomic E-state index is 12.7. The van der Waals surface area contributed by atoms with Gasteiger partial charge in [0.1, 0.15) is 5.75 Å². The van der Waals surface area contributed by atoms with Crippen LogP contribution in [0.5, 0.6) is 5.75 Å². The van der Waals surface area contributed by atoms with Crippen LogP contribution in [0.3, 0.4) is 0 Å². The largest absolute Gasteiger partial charge is 0.497 e. The molecule has 29 heavy (non-hydrogen) atoms. The van der Waals surface area contributed by atoms with Crippen LogP contribution in [0.25, 0.3) is 0 Å². The van der Waals surface area contributed by atoms with Crippen LogP contribution in [0.15, 0.2) is 59.5 Å². The summed E-state index contributed by atoms with van der Waals surface area (Å²) in [6, 6.07) is 14.7. The van der Waals surface area contributed by atoms with Gasteiger partial charge in [-0.2, -0.15) is 0 Å². The maximum Gasteiger partial charge on any atom is 0.265 e. The minimum absolute atomic E-state index is 0.0693. The fourth-order valence-corrected chi connectivity index (χ4v) is 5.50. The van der Waals surface area contributed by atoms with E-state index in [1.54, 1.807) is 43.5 Å². The Hall–Kier alpha value is -2.84. The summed E-state index contributed by atoms with van der Waals surface area (Å²) < 4.78 is 33.0. The van der Waals surface area contributed by atoms with Crippen LogP contribution in [-0.2, 0) is 22.9 Å². The Morgan fingerprint density at radius 2 is 1.83 bits per heavy atom. The lowest BCUT2D eigenvalue weighted by Gasteiger charge is -2.10. The molecule has 0 radical (unpaired) electrons. The van der Waals surface area contributed by atoms with E-state index in [9.17, 15) is 13.2 Å². The number of hydrogen-bond donors (Lipinski definition) is 2. The SMILES string of the molecule is COc1ccc(NS(=O)(=O)c2cccc(NC(=O)c3cc4c(s3)CCC4)c2)cc1. The number of anilines is 2. The van der Waals surface area contributed by atoms with Crippen LogP contribution < -0.4 is 14.8 Å². The summed E-state index contributed by atoms with van der Waals surface area (Å²) >= 11 is 1.51. The second-order valence-corrected chi connectivity index (χ2v) is 9.55. The lowest BCUT2D eigenvalue weighted by Crippen LogP contribution is -2.14. The van der Waals surface area contributed by atoms with Crippen molar-refractivity contribution in [1.29, 1.82) is 0 Å². The number of amides is 1. The topological polar surface area (TPSA) is 84.5 Å². The van der Waals surface area contributed by atoms with Gasteiger partial charge in [0, 0.05) is 16.3 Å². The van der Waals surface area contributed by atoms with Gasteiger partial charge in [-0.1, -0.05) is 6.07 Å². The Morgan fingerprint density at radius 1 is 1.03 bits per heavy atom. The van der Waals surface area contributed by atoms with Gasteiger partial charge in [-0.15, -0.1) is 11.3 Å². The van der Waals surface area contributed by atoms with E-state index >= 15 is 0 Å². The van der Waals surface area contributed by atoms with E-state index in [1.165, 1.54) is 33.9 Å². The molecule has 1 amide bonds. The number of rotatable bonds is 6. The first-order valence-corrected chi connectivity index (χ1v) is 11.4. The summed E-state index contributed by atoms with van der Waals surface area (Å²) in [6.07, 6.45) is 3.19. The third-order valence-corrected chi connectivity index (χ3v) is 7.33. The summed E-state index contributed by atoms with van der Waals surface area (Å²) in [7, 11) is -2.25. The van der Waals surface area contributed by atoms with E-state index in [4.69, 9.17) is 4.74 Å². The molecule has 0 atom stereocenters. The number of nitrogens with one attached hydrogen (secondary N) is 2. The number of methoxy groups -OCH3 is 1. The van der Waals surface area contributed by atoms with Crippen molar-refractivity contribution in [3.05, 3.63) is 69.9 Å². The smallest absolute Gasteiger partial charge is 0.265 e. The zero-order valence-electron chi connectivity index (χ0n) is 15.8. The summed E-state index contributed by atoms with van der Waals surface area (Å²) in [5.41, 5.74) is 2.11. The lowest BCUT2D eigenvalue weighted by atomic mass is 10.2. The molecular weight excluding hydrogens is 408 g/mol. The third kappa shape index (κ3) is 4.28. The number of benzene rings is 2. The van der Waals surface area contributed by atoms with Crippen LogP contribution in [-0.4, -0.2) is 21.4 Å². The molecule has 0 spiro atoms. The molecule has 8 heteroatoms. The van der Waals surface area contributed by atoms with Crippen molar-refractivity contribution in [3.63, 3.8) is 0 Å². The van der Waals surface area contributed by atoms with Gasteiger partial charge in [0.2, 0.25) is 0 Å². The van der Waals surface area contributed by atoms with E-state index < -0.39 is 10.0 Å². The Kier molecular flexibility index (Phi) is 5.29. The predicted molar refractivity (Wildman–Crippen MR) is 115 cm³/mol. The highest BCUT2D eigenvalue weighted by molar-refractivity contribution is 7.92. The third-order valence-electron chi connectivity index (χ3n) is 4.71. The van der Waals surface area contributed by atoms with Crippen LogP contribution in [0.2, 0.25) is 0 Å². The van der Waals surface area contributed by atoms with Crippen LogP contribution >= 0.6 is 11.3 Å². The summed E-state index contributed by atoms with van der Waals surface area (Å²) in [5, 5.41) is 2.80. The fourth-order valence-electron chi connectivity index (χ4n) is 3.25. The van der Waals surface area contributed by atoms with Gasteiger partial charge in [-0.05, 0) is 73.4 Å². The summed E-state index contributed by atoms with van der Waals surface area (Å²) in [5.74, 6) is 0.416. The number of sulfonamides is 1. The second-order valence-electron chi connectivity index (χ2n) is 6.73. The van der Waals surface area contributed by atoms with Gasteiger partial charge >= 0.3 is 0 Å². The standard InChI is InChI=1S/C21H20N2O4S2/c1-27-17-10-8-15(9-11-17)23-29(25,26)18-6-3-5-16(13-18)22-21(24)20-12-14-4-2-7-19(14)28-20/h3,5-6,8-13,23H,2,4,7H2,1H3,(H,22,24). The molecule has 1 aliphatic rings. The zero-order valence-corrected chi connectivity index (χ0v) is 17.4. The highest BCUT2D eigenvalue weighted by Crippen LogP contribution is 2.31. The molecule has 6 nitrogen and oxygen atoms in total. The minimum Gasteiger partial charge on any atom is -0.497 e. The van der Waals surface area contributed by atoms with E-state index in [-0.39, 0.29) is 10.8 Å². The molecule has 0 saturated carbocycles. The minimum atomic E-state index is -3.79. The number of carbonyl (C=O) groups excluding carboxylic acids is 1. The molecule has 1 aliphatic carbocycles. The molecule has 4 rings (SSSR count). The van der Waals surface area contributed by atoms with E-state index in [0.717, 1.165) is 19.3 Å². The molecule has 0 saturated heterocycles. The lowest BCUT2D eigenvalue weighted by molar-refractivity contribution is 0.103. The number of carbonyl (C=O) groups is 1. The first kappa shape index (κ1) is 19.5. The average Bonchev–Trinajstić information content (AvgIpc) is 3.31. The fraction of sp³-hybridized carbons (Fsp3) is 0.190. The number of thiophene rings is 1. The van der Waals surface area contributed by atoms with Crippen LogP contribution in [0.1, 0.15) is 26.5 Å². The van der Waals surface area contributed by atoms with Gasteiger partial charge in [0.05, 0.1) is 16.9 Å². The Morgan fingerprint density at radius 3 is 2.55 bits per heavy atom. The van der Waals surface area contributed by atoms with Crippen molar-refractivity contribution < 1.29 is 17.9 Å². The van der Waals surface area contributed by atoms with Gasteiger partial charge < -0.3 is 10.1 Å². The Labute approximate surface area is 173 Å². The number of ether oxygens (including phenoxy) is 1. The van der Waals surface area contributed by atoms with Crippen molar-refractivity contribution in [2.75, 3.05) is 17.1 Å². The second kappa shape index (κ2) is 7.88. The highest BCUT2D eigenvalue weighted by Gasteiger charge is 2.19. The van der Waals surface area contributed by atoms with Crippen LogP contribution in [0, 0.1) is 0 Å². The zero-order chi connectivity index (χ0) is 20.4. The molecule has 0 unspecified atom stereocenters. The number of aryl methyl sites for hydroxylation is 2. The Balaban J connectivity index is 1.50. The van der Waals surface area contributed by atoms with Crippen molar-refractivity contribution in [2.24, 2.45) is 0 Å². The summed E-state index contributed by atoms with van der Waals surface area (Å²) in [6.45, 7) is 0. The van der Waals surface area contributed by atoms with Crippen molar-refractivity contribution in [1.82, 2.24) is 0 Å². The van der Waals surface area contributed by atoms with Crippen LogP contribution in [0.4, 0.5) is 11.4 Å². The molecule has 1 aromatic heterocycles. The number of fused-ring (bicyclic) bond motifs is 1. The highest BCUT2D eigenvalue weighted by atomic mass is 32.2. The number of hydrogen-bond acceptors (Lipinski definition) is 5. The van der Waals surface area contributed by atoms with Gasteiger partial charge in [0.25, 0.3) is 15.9 Å². The molecule has 2 N–H and O–H groups in total. The maximum absolute atomic E-state index is 12.7. The van der Waals surface area contributed by atoms with E-state index in [1.807, 2.05) is 6.07 Å². The van der Waals surface area contributed by atoms with Crippen molar-refractivity contribution in [2.45, 2.75) is 24.2 Å². The quantitative estimate of drug-likeness (QED) is 0.613. The molecule has 0 aliphatic heterocycles. The predicted octanol–water partition coefficient (Wildman–Crippen LogP) is 4.30. The first-order chi connectivity index (χ1) is 13.9. The van der Waals surface area contributed by atoms with Crippen molar-refractivity contribution in [3.8, 4) is 5.75 Å². The van der Waals surface area contributed by atoms with E-state index in [2.05, 4.69) is 10.0 Å². The molecular formula is C21H20N2O4S2. The van der Waals surface area contributed by atoms with E-state index in [0.29, 0.717) is 22.0 Å². The molecule has 150 valence electrons. The molecule has 2 aromatic carbocycles. The average molecular weight is 429 g/mol. The summed E-state index contributed by atoms with van der Waals surface area (Å²) in [4.78, 5) is 14.5. The molecule has 0 fully saturated rings. The molecule has 0 bridgehead atoms. The molecule has 3 aromatic rings.